The highest BCUT2D eigenvalue weighted by atomic mass is 19.4. The van der Waals surface area contributed by atoms with E-state index in [-0.39, 0.29) is 32.4 Å². The number of nitrogens with zero attached hydrogens (tertiary/aromatic N) is 3. The minimum absolute atomic E-state index is 0.0711. The lowest BCUT2D eigenvalue weighted by Crippen LogP contribution is -2.54. The zero-order valence-corrected chi connectivity index (χ0v) is 25.0. The fourth-order valence-corrected chi connectivity index (χ4v) is 6.51. The molecule has 0 unspecified atom stereocenters. The van der Waals surface area contributed by atoms with E-state index in [1.54, 1.807) is 0 Å². The number of nitrogens with one attached hydrogen (secondary N) is 1. The number of amides is 2. The Hall–Kier alpha value is -4.60. The van der Waals surface area contributed by atoms with E-state index >= 15 is 0 Å². The lowest BCUT2D eigenvalue weighted by molar-refractivity contribution is -0.251. The Balaban J connectivity index is 1.40. The highest BCUT2D eigenvalue weighted by Crippen LogP contribution is 2.42. The average Bonchev–Trinajstić information content (AvgIpc) is 3.41. The number of benzene rings is 3. The van der Waals surface area contributed by atoms with Crippen LogP contribution < -0.4 is 10.4 Å². The summed E-state index contributed by atoms with van der Waals surface area (Å²) < 4.78 is 41.5. The largest absolute Gasteiger partial charge is 0.530 e. The van der Waals surface area contributed by atoms with Crippen LogP contribution in [0.25, 0.3) is 0 Å². The van der Waals surface area contributed by atoms with Gasteiger partial charge in [-0.05, 0) is 55.7 Å². The van der Waals surface area contributed by atoms with E-state index in [9.17, 15) is 27.9 Å². The number of aryl methyl sites for hydroxylation is 1. The van der Waals surface area contributed by atoms with Crippen molar-refractivity contribution in [3.05, 3.63) is 125 Å². The molecule has 2 heterocycles. The van der Waals surface area contributed by atoms with Crippen molar-refractivity contribution in [2.45, 2.75) is 56.8 Å². The van der Waals surface area contributed by atoms with E-state index in [4.69, 9.17) is 4.98 Å². The monoisotopic (exact) mass is 617 g/mol. The van der Waals surface area contributed by atoms with Crippen LogP contribution >= 0.6 is 0 Å². The summed E-state index contributed by atoms with van der Waals surface area (Å²) >= 11 is 0. The maximum atomic E-state index is 13.2. The first-order valence-electron chi connectivity index (χ1n) is 15.1. The molecule has 1 aliphatic rings. The summed E-state index contributed by atoms with van der Waals surface area (Å²) in [7, 11) is 0. The first kappa shape index (κ1) is 31.8. The zero-order chi connectivity index (χ0) is 32.0. The predicted molar refractivity (Wildman–Crippen MR) is 162 cm³/mol. The molecule has 1 aliphatic heterocycles. The predicted octanol–water partition coefficient (Wildman–Crippen LogP) is 5.46. The Morgan fingerprint density at radius 2 is 1.38 bits per heavy atom. The van der Waals surface area contributed by atoms with E-state index in [0.29, 0.717) is 12.8 Å². The molecule has 0 spiro atoms. The number of likely N-dealkylation sites (tertiary alicyclic amines) is 1. The summed E-state index contributed by atoms with van der Waals surface area (Å²) in [5.74, 6) is -1.99. The Morgan fingerprint density at radius 3 is 1.82 bits per heavy atom. The molecule has 1 atom stereocenters. The third-order valence-electron chi connectivity index (χ3n) is 8.81. The van der Waals surface area contributed by atoms with Crippen LogP contribution in [-0.4, -0.2) is 51.8 Å². The molecular formula is C35H36F3N4O3-. The van der Waals surface area contributed by atoms with Gasteiger partial charge in [0, 0.05) is 18.8 Å². The van der Waals surface area contributed by atoms with Crippen molar-refractivity contribution in [3.8, 4) is 0 Å². The molecule has 2 amide bonds. The van der Waals surface area contributed by atoms with E-state index in [1.165, 1.54) is 4.90 Å². The van der Waals surface area contributed by atoms with Gasteiger partial charge >= 0.3 is 6.18 Å². The molecule has 45 heavy (non-hydrogen) atoms. The molecule has 0 aliphatic carbocycles. The first-order chi connectivity index (χ1) is 21.6. The highest BCUT2D eigenvalue weighted by Gasteiger charge is 2.42. The Bertz CT molecular complexity index is 1470. The number of rotatable bonds is 10. The second-order valence-corrected chi connectivity index (χ2v) is 11.5. The third-order valence-corrected chi connectivity index (χ3v) is 8.81. The lowest BCUT2D eigenvalue weighted by atomic mass is 9.76. The third kappa shape index (κ3) is 6.74. The first-order valence-corrected chi connectivity index (χ1v) is 15.1. The maximum Gasteiger partial charge on any atom is 0.391 e. The number of halogens is 3. The van der Waals surface area contributed by atoms with Gasteiger partial charge in [0.25, 0.3) is 0 Å². The molecule has 1 N–H and O–H groups in total. The van der Waals surface area contributed by atoms with Crippen molar-refractivity contribution in [1.29, 1.82) is 0 Å². The molecule has 1 fully saturated rings. The molecule has 1 saturated heterocycles. The van der Waals surface area contributed by atoms with Crippen LogP contribution in [0.15, 0.2) is 97.3 Å². The van der Waals surface area contributed by atoms with Crippen LogP contribution in [0.4, 0.5) is 18.0 Å². The molecule has 0 saturated carbocycles. The average molecular weight is 618 g/mol. The highest BCUT2D eigenvalue weighted by molar-refractivity contribution is 5.85. The quantitative estimate of drug-likeness (QED) is 0.240. The Labute approximate surface area is 260 Å². The fraction of sp³-hybridized carbons (Fsp3) is 0.343. The molecule has 0 radical (unpaired) electrons. The molecule has 3 aromatic carbocycles. The lowest BCUT2D eigenvalue weighted by Gasteiger charge is -2.38. The van der Waals surface area contributed by atoms with Crippen LogP contribution in [0, 0.1) is 12.8 Å². The van der Waals surface area contributed by atoms with Gasteiger partial charge in [0.2, 0.25) is 5.91 Å². The number of carboxylic acid groups (broad SMARTS) is 1. The summed E-state index contributed by atoms with van der Waals surface area (Å²) in [4.78, 5) is 30.7. The van der Waals surface area contributed by atoms with Gasteiger partial charge in [-0.1, -0.05) is 91.0 Å². The van der Waals surface area contributed by atoms with Crippen molar-refractivity contribution < 1.29 is 27.9 Å². The smallest absolute Gasteiger partial charge is 0.391 e. The Kier molecular flexibility index (Phi) is 9.60. The number of imidazole rings is 1. The maximum absolute atomic E-state index is 13.2. The van der Waals surface area contributed by atoms with E-state index in [2.05, 4.69) is 46.3 Å². The van der Waals surface area contributed by atoms with E-state index < -0.39 is 35.7 Å². The van der Waals surface area contributed by atoms with Gasteiger partial charge in [-0.15, -0.1) is 0 Å². The number of carbonyl (C=O) groups excluding carboxylic acids is 2. The van der Waals surface area contributed by atoms with E-state index in [1.807, 2.05) is 67.8 Å². The van der Waals surface area contributed by atoms with Gasteiger partial charge in [0.05, 0.1) is 17.9 Å². The normalized spacial score (nSPS) is 15.1. The number of aromatic nitrogens is 2. The summed E-state index contributed by atoms with van der Waals surface area (Å²) in [6.45, 7) is 1.86. The van der Waals surface area contributed by atoms with Crippen molar-refractivity contribution >= 4 is 12.0 Å². The van der Waals surface area contributed by atoms with Crippen LogP contribution in [0.2, 0.25) is 0 Å². The van der Waals surface area contributed by atoms with Gasteiger partial charge in [0.15, 0.2) is 0 Å². The topological polar surface area (TPSA) is 90.3 Å². The number of carbonyl (C=O) groups is 2. The molecule has 5 rings (SSSR count). The van der Waals surface area contributed by atoms with Gasteiger partial charge < -0.3 is 24.7 Å². The van der Waals surface area contributed by atoms with Crippen LogP contribution in [0.5, 0.6) is 0 Å². The van der Waals surface area contributed by atoms with Crippen molar-refractivity contribution in [1.82, 2.24) is 19.8 Å². The van der Waals surface area contributed by atoms with Gasteiger partial charge in [-0.2, -0.15) is 13.2 Å². The molecule has 4 aromatic rings. The number of alkyl halides is 3. The fourth-order valence-electron chi connectivity index (χ4n) is 6.51. The second-order valence-electron chi connectivity index (χ2n) is 11.5. The van der Waals surface area contributed by atoms with Crippen LogP contribution in [0.1, 0.15) is 53.8 Å². The summed E-state index contributed by atoms with van der Waals surface area (Å²) in [6, 6.07) is 29.5. The molecule has 1 aromatic heterocycles. The Morgan fingerprint density at radius 1 is 0.889 bits per heavy atom. The number of piperidine rings is 1. The zero-order valence-electron chi connectivity index (χ0n) is 25.0. The minimum Gasteiger partial charge on any atom is -0.530 e. The van der Waals surface area contributed by atoms with E-state index in [0.717, 1.165) is 28.1 Å². The molecular weight excluding hydrogens is 581 g/mol. The molecule has 236 valence electrons. The summed E-state index contributed by atoms with van der Waals surface area (Å²) in [5.41, 5.74) is 4.12. The van der Waals surface area contributed by atoms with Gasteiger partial charge in [0.1, 0.15) is 17.7 Å². The SMILES string of the molecule is Cc1c(CCC[C@H](NC(=O)[O-])C(=O)N2CCC(C(F)(F)F)CC2)ncn1C(c1ccccc1)(c1ccccc1)c1ccccc1. The van der Waals surface area contributed by atoms with Crippen molar-refractivity contribution in [2.75, 3.05) is 13.1 Å². The molecule has 0 bridgehead atoms. The molecule has 10 heteroatoms. The minimum atomic E-state index is -4.31. The number of hydrogen-bond acceptors (Lipinski definition) is 4. The van der Waals surface area contributed by atoms with Gasteiger partial charge in [-0.25, -0.2) is 4.98 Å². The van der Waals surface area contributed by atoms with Crippen LogP contribution in [0.3, 0.4) is 0 Å². The molecule has 7 nitrogen and oxygen atoms in total. The second kappa shape index (κ2) is 13.6. The van der Waals surface area contributed by atoms with Crippen molar-refractivity contribution in [3.63, 3.8) is 0 Å². The van der Waals surface area contributed by atoms with Crippen molar-refractivity contribution in [2.24, 2.45) is 5.92 Å². The van der Waals surface area contributed by atoms with Gasteiger partial charge in [-0.3, -0.25) is 4.79 Å². The van der Waals surface area contributed by atoms with Crippen LogP contribution in [-0.2, 0) is 16.8 Å². The number of hydrogen-bond donors (Lipinski definition) is 1. The summed E-state index contributed by atoms with van der Waals surface area (Å²) in [5, 5.41) is 13.6. The summed E-state index contributed by atoms with van der Waals surface area (Å²) in [6.07, 6.45) is -3.45. The standard InChI is InChI=1S/C35H37F3N4O3/c1-25-30(18-11-19-31(40-33(44)45)32(43)41-22-20-29(21-23-41)35(36,37)38)39-24-42(25)34(26-12-5-2-6-13-26,27-14-7-3-8-15-27)28-16-9-4-10-17-28/h2-10,12-17,24,29,31,40H,11,18-23H2,1H3,(H,44,45)/p-1/t31-/m0/s1.